The van der Waals surface area contributed by atoms with Crippen molar-refractivity contribution in [2.45, 2.75) is 30.3 Å². The van der Waals surface area contributed by atoms with Crippen LogP contribution in [-0.2, 0) is 25.7 Å². The number of hydrogen-bond acceptors (Lipinski definition) is 5. The summed E-state index contributed by atoms with van der Waals surface area (Å²) in [4.78, 5) is 47.2. The molecule has 1 spiro atoms. The van der Waals surface area contributed by atoms with E-state index < -0.39 is 35.6 Å². The Labute approximate surface area is 221 Å². The number of benzene rings is 2. The largest absolute Gasteiger partial charge is 0.394 e. The molecule has 8 heteroatoms. The first-order valence-corrected chi connectivity index (χ1v) is 13.0. The number of aliphatic hydroxyl groups excluding tert-OH is 1. The fourth-order valence-corrected chi connectivity index (χ4v) is 6.56. The number of fused-ring (bicyclic) bond motifs is 2. The minimum Gasteiger partial charge on any atom is -0.394 e. The van der Waals surface area contributed by atoms with E-state index in [2.05, 4.69) is 0 Å². The summed E-state index contributed by atoms with van der Waals surface area (Å²) >= 11 is 0. The van der Waals surface area contributed by atoms with E-state index >= 15 is 0 Å². The van der Waals surface area contributed by atoms with Gasteiger partial charge in [0, 0.05) is 26.7 Å². The van der Waals surface area contributed by atoms with E-state index in [0.29, 0.717) is 19.6 Å². The average molecular weight is 514 g/mol. The first-order chi connectivity index (χ1) is 18.5. The Morgan fingerprint density at radius 1 is 0.947 bits per heavy atom. The van der Waals surface area contributed by atoms with E-state index in [9.17, 15) is 19.5 Å². The van der Waals surface area contributed by atoms with Gasteiger partial charge in [-0.25, -0.2) is 0 Å². The monoisotopic (exact) mass is 513 g/mol. The third kappa shape index (κ3) is 3.70. The van der Waals surface area contributed by atoms with Crippen molar-refractivity contribution >= 4 is 17.7 Å². The van der Waals surface area contributed by atoms with Crippen molar-refractivity contribution in [3.63, 3.8) is 0 Å². The van der Waals surface area contributed by atoms with Crippen LogP contribution in [0, 0.1) is 11.8 Å². The molecule has 2 aromatic rings. The van der Waals surface area contributed by atoms with E-state index in [-0.39, 0.29) is 24.3 Å². The third-order valence-electron chi connectivity index (χ3n) is 8.29. The number of amides is 3. The predicted molar refractivity (Wildman–Crippen MR) is 139 cm³/mol. The normalized spacial score (nSPS) is 31.1. The van der Waals surface area contributed by atoms with Crippen molar-refractivity contribution in [1.29, 1.82) is 0 Å². The number of ether oxygens (including phenoxy) is 1. The highest BCUT2D eigenvalue weighted by atomic mass is 16.5. The van der Waals surface area contributed by atoms with E-state index in [4.69, 9.17) is 4.74 Å². The Morgan fingerprint density at radius 3 is 2.37 bits per heavy atom. The van der Waals surface area contributed by atoms with Gasteiger partial charge in [0.05, 0.1) is 30.6 Å². The fourth-order valence-electron chi connectivity index (χ4n) is 6.56. The summed E-state index contributed by atoms with van der Waals surface area (Å²) in [5.41, 5.74) is 0.362. The van der Waals surface area contributed by atoms with Gasteiger partial charge in [0.15, 0.2) is 0 Å². The summed E-state index contributed by atoms with van der Waals surface area (Å²) in [5.74, 6) is -2.42. The van der Waals surface area contributed by atoms with Crippen molar-refractivity contribution in [1.82, 2.24) is 14.7 Å². The van der Waals surface area contributed by atoms with Crippen LogP contribution >= 0.6 is 0 Å². The van der Waals surface area contributed by atoms with Crippen LogP contribution in [0.5, 0.6) is 0 Å². The highest BCUT2D eigenvalue weighted by molar-refractivity contribution is 6.00. The van der Waals surface area contributed by atoms with Gasteiger partial charge >= 0.3 is 0 Å². The molecule has 0 aliphatic carbocycles. The van der Waals surface area contributed by atoms with Gasteiger partial charge < -0.3 is 24.5 Å². The SMILES string of the molecule is CN1CC=C[C@@H]2O[C@]34C=CCN(Cc5ccccc5)C(=O)C3N([C@H](CO)c3ccccc3)C(=O)[C@@H]4[C@@H]2C1=O. The molecule has 0 bridgehead atoms. The zero-order valence-corrected chi connectivity index (χ0v) is 21.2. The van der Waals surface area contributed by atoms with Crippen LogP contribution in [0.3, 0.4) is 0 Å². The van der Waals surface area contributed by atoms with Crippen molar-refractivity contribution in [3.05, 3.63) is 96.1 Å². The van der Waals surface area contributed by atoms with Gasteiger partial charge in [-0.15, -0.1) is 0 Å². The van der Waals surface area contributed by atoms with Crippen molar-refractivity contribution in [2.24, 2.45) is 11.8 Å². The van der Waals surface area contributed by atoms with Crippen molar-refractivity contribution in [2.75, 3.05) is 26.7 Å². The smallest absolute Gasteiger partial charge is 0.249 e. The lowest BCUT2D eigenvalue weighted by atomic mass is 9.77. The Balaban J connectivity index is 1.48. The number of likely N-dealkylation sites (tertiary alicyclic amines) is 1. The molecule has 3 amide bonds. The van der Waals surface area contributed by atoms with E-state index in [1.165, 1.54) is 4.90 Å². The molecule has 0 aromatic heterocycles. The van der Waals surface area contributed by atoms with E-state index in [1.807, 2.05) is 85.0 Å². The quantitative estimate of drug-likeness (QED) is 0.618. The van der Waals surface area contributed by atoms with Crippen LogP contribution in [0.4, 0.5) is 0 Å². The summed E-state index contributed by atoms with van der Waals surface area (Å²) in [5, 5.41) is 10.6. The molecule has 2 fully saturated rings. The Kier molecular flexibility index (Phi) is 6.16. The lowest BCUT2D eigenvalue weighted by Gasteiger charge is -2.38. The number of carbonyl (C=O) groups excluding carboxylic acids is 3. The molecule has 2 aromatic carbocycles. The van der Waals surface area contributed by atoms with Crippen LogP contribution in [-0.4, -0.2) is 82.0 Å². The maximum atomic E-state index is 14.4. The molecular formula is C30H31N3O5. The summed E-state index contributed by atoms with van der Waals surface area (Å²) < 4.78 is 6.65. The molecule has 6 rings (SSSR count). The molecule has 4 aliphatic rings. The number of likely N-dealkylation sites (N-methyl/N-ethyl adjacent to an activating group) is 1. The van der Waals surface area contributed by atoms with Gasteiger partial charge in [-0.05, 0) is 11.1 Å². The molecule has 4 heterocycles. The Bertz CT molecular complexity index is 1300. The number of nitrogens with zero attached hydrogens (tertiary/aromatic N) is 3. The minimum atomic E-state index is -1.32. The Hall–Kier alpha value is -3.75. The second-order valence-corrected chi connectivity index (χ2v) is 10.5. The van der Waals surface area contributed by atoms with Crippen LogP contribution < -0.4 is 0 Å². The molecule has 6 atom stereocenters. The maximum Gasteiger partial charge on any atom is 0.249 e. The number of hydrogen-bond donors (Lipinski definition) is 1. The average Bonchev–Trinajstić information content (AvgIpc) is 3.27. The molecule has 1 N–H and O–H groups in total. The highest BCUT2D eigenvalue weighted by Gasteiger charge is 2.72. The van der Waals surface area contributed by atoms with E-state index in [0.717, 1.165) is 11.1 Å². The van der Waals surface area contributed by atoms with Gasteiger partial charge in [0.2, 0.25) is 17.7 Å². The molecule has 8 nitrogen and oxygen atoms in total. The third-order valence-corrected chi connectivity index (χ3v) is 8.29. The standard InChI is InChI=1S/C30H31N3O5/c1-31-16-8-14-23-24(27(31)35)25-28(36)33(22(19-34)21-12-6-3-7-13-21)26-29(37)32(17-9-15-30(25,26)38-23)18-20-10-4-2-5-11-20/h2-15,22-26,34H,16-19H2,1H3/t22-,23+,24-,25+,26?,30+/m1/s1. The first-order valence-electron chi connectivity index (χ1n) is 13.0. The lowest BCUT2D eigenvalue weighted by molar-refractivity contribution is -0.151. The summed E-state index contributed by atoms with van der Waals surface area (Å²) in [7, 11) is 1.71. The van der Waals surface area contributed by atoms with Gasteiger partial charge in [-0.3, -0.25) is 14.4 Å². The van der Waals surface area contributed by atoms with Gasteiger partial charge in [-0.2, -0.15) is 0 Å². The first kappa shape index (κ1) is 24.6. The van der Waals surface area contributed by atoms with Crippen LogP contribution in [0.25, 0.3) is 0 Å². The molecule has 0 radical (unpaired) electrons. The summed E-state index contributed by atoms with van der Waals surface area (Å²) in [6, 6.07) is 17.1. The molecule has 2 saturated heterocycles. The summed E-state index contributed by atoms with van der Waals surface area (Å²) in [6.07, 6.45) is 6.82. The fraction of sp³-hybridized carbons (Fsp3) is 0.367. The number of rotatable bonds is 5. The zero-order valence-electron chi connectivity index (χ0n) is 21.2. The topological polar surface area (TPSA) is 90.4 Å². The van der Waals surface area contributed by atoms with Gasteiger partial charge in [0.1, 0.15) is 11.6 Å². The van der Waals surface area contributed by atoms with Crippen LogP contribution in [0.2, 0.25) is 0 Å². The van der Waals surface area contributed by atoms with Gasteiger partial charge in [-0.1, -0.05) is 85.0 Å². The molecule has 1 unspecified atom stereocenters. The van der Waals surface area contributed by atoms with Crippen molar-refractivity contribution < 1.29 is 24.2 Å². The number of carbonyl (C=O) groups is 3. The second-order valence-electron chi connectivity index (χ2n) is 10.5. The molecule has 38 heavy (non-hydrogen) atoms. The molecule has 0 saturated carbocycles. The van der Waals surface area contributed by atoms with E-state index in [1.54, 1.807) is 16.8 Å². The maximum absolute atomic E-state index is 14.4. The highest BCUT2D eigenvalue weighted by Crippen LogP contribution is 2.55. The Morgan fingerprint density at radius 2 is 1.66 bits per heavy atom. The van der Waals surface area contributed by atoms with Crippen LogP contribution in [0.15, 0.2) is 85.0 Å². The van der Waals surface area contributed by atoms with Crippen LogP contribution in [0.1, 0.15) is 17.2 Å². The second kappa shape index (κ2) is 9.53. The predicted octanol–water partition coefficient (Wildman–Crippen LogP) is 1.93. The lowest BCUT2D eigenvalue weighted by Crippen LogP contribution is -2.56. The summed E-state index contributed by atoms with van der Waals surface area (Å²) in [6.45, 7) is 0.775. The molecule has 196 valence electrons. The zero-order chi connectivity index (χ0) is 26.4. The molecule has 4 aliphatic heterocycles. The number of aliphatic hydroxyl groups is 1. The van der Waals surface area contributed by atoms with Crippen molar-refractivity contribution in [3.8, 4) is 0 Å². The molecular weight excluding hydrogens is 482 g/mol. The van der Waals surface area contributed by atoms with Gasteiger partial charge in [0.25, 0.3) is 0 Å². The minimum absolute atomic E-state index is 0.178.